The highest BCUT2D eigenvalue weighted by Gasteiger charge is 2.21. The van der Waals surface area contributed by atoms with Gasteiger partial charge in [0.2, 0.25) is 0 Å². The molecule has 0 aliphatic carbocycles. The Hall–Kier alpha value is -0.490. The Kier molecular flexibility index (Phi) is 4.13. The summed E-state index contributed by atoms with van der Waals surface area (Å²) in [5.41, 5.74) is 0. The van der Waals surface area contributed by atoms with Crippen molar-refractivity contribution in [2.45, 2.75) is 12.2 Å². The molecule has 5 heteroatoms. The first-order valence-corrected chi connectivity index (χ1v) is 2.74. The van der Waals surface area contributed by atoms with Crippen molar-refractivity contribution in [1.29, 1.82) is 0 Å². The smallest absolute Gasteiger partial charge is 0.189 e. The lowest BCUT2D eigenvalue weighted by Crippen LogP contribution is -2.37. The van der Waals surface area contributed by atoms with Crippen LogP contribution in [0.1, 0.15) is 0 Å². The Bertz CT molecular complexity index is 113. The third-order valence-electron chi connectivity index (χ3n) is 1.04. The van der Waals surface area contributed by atoms with E-state index in [2.05, 4.69) is 0 Å². The molecule has 0 aromatic heterocycles. The van der Waals surface area contributed by atoms with Crippen molar-refractivity contribution in [2.24, 2.45) is 0 Å². The van der Waals surface area contributed by atoms with E-state index in [-0.39, 0.29) is 0 Å². The van der Waals surface area contributed by atoms with Crippen LogP contribution in [0.25, 0.3) is 0 Å². The average molecular weight is 151 g/mol. The average Bonchev–Trinajstić information content (AvgIpc) is 2.00. The fraction of sp³-hybridized carbons (Fsp3) is 0.800. The molecule has 0 amide bonds. The third-order valence-corrected chi connectivity index (χ3v) is 1.04. The normalized spacial score (nSPS) is 16.4. The minimum atomic E-state index is -1.69. The maximum Gasteiger partial charge on any atom is 0.189 e. The second-order valence-corrected chi connectivity index (χ2v) is 1.82. The van der Waals surface area contributed by atoms with E-state index in [9.17, 15) is 4.79 Å². The highest BCUT2D eigenvalue weighted by Crippen LogP contribution is 1.92. The Morgan fingerprint density at radius 1 is 1.30 bits per heavy atom. The van der Waals surface area contributed by atoms with Crippen molar-refractivity contribution < 1.29 is 25.2 Å². The molecule has 0 saturated carbocycles. The number of carbonyl (C=O) groups excluding carboxylic acids is 1. The quantitative estimate of drug-likeness (QED) is 0.327. The van der Waals surface area contributed by atoms with Crippen LogP contribution in [0.5, 0.6) is 0 Å². The van der Waals surface area contributed by atoms with Gasteiger partial charge in [0.25, 0.3) is 0 Å². The van der Waals surface area contributed by atoms with Crippen molar-refractivity contribution in [3.05, 3.63) is 0 Å². The number of aliphatic hydroxyl groups is 4. The number of carbonyl (C=O) groups is 1. The Morgan fingerprint density at radius 3 is 2.10 bits per heavy atom. The molecular formula is C5H10O5. The van der Waals surface area contributed by atoms with Crippen LogP contribution in [0.4, 0.5) is 0 Å². The fourth-order valence-corrected chi connectivity index (χ4v) is 0.408. The van der Waals surface area contributed by atoms with Crippen LogP contribution in [0.3, 0.4) is 0 Å². The molecule has 0 aliphatic heterocycles. The summed E-state index contributed by atoms with van der Waals surface area (Å²) in [7, 11) is 0. The molecule has 0 aromatic rings. The number of Topliss-reactive ketones (excluding diaryl/α,β-unsaturated/α-hetero) is 1. The largest absolute Gasteiger partial charge is 0.394 e. The van der Waals surface area contributed by atoms with Crippen molar-refractivity contribution in [3.63, 3.8) is 0 Å². The lowest BCUT2D eigenvalue weighted by Gasteiger charge is -2.11. The van der Waals surface area contributed by atoms with Gasteiger partial charge < -0.3 is 20.4 Å². The van der Waals surface area contributed by atoms with E-state index in [0.717, 1.165) is 0 Å². The molecule has 0 unspecified atom stereocenters. The minimum Gasteiger partial charge on any atom is -0.394 e. The summed E-state index contributed by atoms with van der Waals surface area (Å²) in [6, 6.07) is 0. The molecule has 0 rings (SSSR count). The van der Waals surface area contributed by atoms with Gasteiger partial charge in [0.1, 0.15) is 18.8 Å². The maximum atomic E-state index is 10.3. The van der Waals surface area contributed by atoms with Crippen LogP contribution in [0, 0.1) is 0 Å². The van der Waals surface area contributed by atoms with E-state index in [1.54, 1.807) is 0 Å². The molecule has 0 saturated heterocycles. The van der Waals surface area contributed by atoms with Crippen LogP contribution in [-0.2, 0) is 4.79 Å². The number of ketones is 1. The fourth-order valence-electron chi connectivity index (χ4n) is 0.408. The number of hydrogen-bond acceptors (Lipinski definition) is 5. The zero-order chi connectivity index (χ0) is 8.15. The van der Waals surface area contributed by atoms with Gasteiger partial charge in [0.15, 0.2) is 5.78 Å². The van der Waals surface area contributed by atoms with E-state index in [0.29, 0.717) is 0 Å². The van der Waals surface area contributed by atoms with Crippen LogP contribution < -0.4 is 0 Å². The zero-order valence-electron chi connectivity index (χ0n) is 5.27. The first-order chi connectivity index (χ1) is 4.63. The number of rotatable bonds is 4. The predicted molar refractivity (Wildman–Crippen MR) is 31.2 cm³/mol. The number of hydrogen-bond donors (Lipinski definition) is 4. The molecular weight excluding hydrogens is 141 g/mol. The van der Waals surface area contributed by atoms with E-state index in [1.807, 2.05) is 0 Å². The molecule has 0 fully saturated rings. The topological polar surface area (TPSA) is 98.0 Å². The van der Waals surface area contributed by atoms with Gasteiger partial charge in [-0.2, -0.15) is 0 Å². The van der Waals surface area contributed by atoms with Crippen LogP contribution in [-0.4, -0.2) is 51.6 Å². The number of aliphatic hydroxyl groups excluding tert-OH is 4. The van der Waals surface area contributed by atoms with Crippen LogP contribution >= 0.6 is 0 Å². The lowest BCUT2D eigenvalue weighted by molar-refractivity contribution is -0.137. The first kappa shape index (κ1) is 9.51. The summed E-state index contributed by atoms with van der Waals surface area (Å²) in [5, 5.41) is 33.6. The van der Waals surface area contributed by atoms with Crippen molar-refractivity contribution in [3.8, 4) is 0 Å². The zero-order valence-corrected chi connectivity index (χ0v) is 5.27. The van der Waals surface area contributed by atoms with Crippen LogP contribution in [0.2, 0.25) is 0 Å². The molecule has 0 radical (unpaired) electrons. The summed E-state index contributed by atoms with van der Waals surface area (Å²) in [6.07, 6.45) is -3.19. The molecule has 10 heavy (non-hydrogen) atoms. The first-order valence-electron chi connectivity index (χ1n) is 2.74. The molecule has 4 N–H and O–H groups in total. The summed E-state index contributed by atoms with van der Waals surface area (Å²) in [5.74, 6) is -0.901. The van der Waals surface area contributed by atoms with Crippen molar-refractivity contribution in [1.82, 2.24) is 0 Å². The second-order valence-electron chi connectivity index (χ2n) is 1.82. The van der Waals surface area contributed by atoms with E-state index < -0.39 is 31.2 Å². The molecule has 0 heterocycles. The molecule has 0 bridgehead atoms. The summed E-state index contributed by atoms with van der Waals surface area (Å²) < 4.78 is 0. The van der Waals surface area contributed by atoms with E-state index in [1.165, 1.54) is 0 Å². The van der Waals surface area contributed by atoms with Gasteiger partial charge in [0.05, 0.1) is 6.61 Å². The molecule has 0 aliphatic rings. The van der Waals surface area contributed by atoms with Crippen molar-refractivity contribution in [2.75, 3.05) is 13.2 Å². The second kappa shape index (κ2) is 4.35. The molecule has 60 valence electrons. The summed E-state index contributed by atoms with van der Waals surface area (Å²) in [4.78, 5) is 10.3. The van der Waals surface area contributed by atoms with Gasteiger partial charge in [-0.3, -0.25) is 4.79 Å². The Balaban J connectivity index is 3.81. The predicted octanol–water partition coefficient (Wildman–Crippen LogP) is -2.74. The maximum absolute atomic E-state index is 10.3. The Morgan fingerprint density at radius 2 is 1.80 bits per heavy atom. The Labute approximate surface area is 57.5 Å². The highest BCUT2D eigenvalue weighted by atomic mass is 16.4. The van der Waals surface area contributed by atoms with E-state index in [4.69, 9.17) is 20.4 Å². The SMILES string of the molecule is O=C([13CH2]O)[C@H](O)[C@H](O)CO. The molecule has 0 spiro atoms. The van der Waals surface area contributed by atoms with Crippen molar-refractivity contribution >= 4 is 5.78 Å². The lowest BCUT2D eigenvalue weighted by atomic mass is 10.2. The van der Waals surface area contributed by atoms with Gasteiger partial charge >= 0.3 is 0 Å². The molecule has 0 aromatic carbocycles. The third kappa shape index (κ3) is 2.40. The van der Waals surface area contributed by atoms with Gasteiger partial charge in [-0.25, -0.2) is 0 Å². The van der Waals surface area contributed by atoms with Crippen LogP contribution in [0.15, 0.2) is 0 Å². The van der Waals surface area contributed by atoms with Gasteiger partial charge in [-0.15, -0.1) is 0 Å². The summed E-state index contributed by atoms with van der Waals surface area (Å²) in [6.45, 7) is -1.54. The monoisotopic (exact) mass is 151 g/mol. The molecule has 5 nitrogen and oxygen atoms in total. The molecule has 2 atom stereocenters. The highest BCUT2D eigenvalue weighted by molar-refractivity contribution is 5.84. The summed E-state index contributed by atoms with van der Waals surface area (Å²) >= 11 is 0. The van der Waals surface area contributed by atoms with Gasteiger partial charge in [-0.1, -0.05) is 0 Å². The van der Waals surface area contributed by atoms with Gasteiger partial charge in [-0.05, 0) is 0 Å². The van der Waals surface area contributed by atoms with Gasteiger partial charge in [0, 0.05) is 0 Å². The van der Waals surface area contributed by atoms with E-state index >= 15 is 0 Å². The standard InChI is InChI=1S/C5H10O5/c6-1-3(8)5(10)4(9)2-7/h3,5-8,10H,1-2H2/t3-,5-/m1/s1/i2+1. The minimum absolute atomic E-state index is 0.701.